The number of hydrogen-bond acceptors (Lipinski definition) is 7. The maximum Gasteiger partial charge on any atom is 0.490 e. The van der Waals surface area contributed by atoms with Crippen LogP contribution in [0.2, 0.25) is 0 Å². The molecule has 2 aromatic heterocycles. The second-order valence-electron chi connectivity index (χ2n) is 8.43. The fourth-order valence-corrected chi connectivity index (χ4v) is 3.91. The molecule has 0 saturated carbocycles. The van der Waals surface area contributed by atoms with Crippen molar-refractivity contribution < 1.29 is 60.1 Å². The molecule has 3 N–H and O–H groups in total. The Bertz CT molecular complexity index is 1040. The van der Waals surface area contributed by atoms with Crippen molar-refractivity contribution in [3.63, 3.8) is 0 Å². The van der Waals surface area contributed by atoms with Gasteiger partial charge in [-0.15, -0.1) is 0 Å². The van der Waals surface area contributed by atoms with Gasteiger partial charge in [0.05, 0.1) is 24.8 Å². The number of fused-ring (bicyclic) bond motifs is 1. The minimum absolute atomic E-state index is 0.0483. The Hall–Kier alpha value is -3.66. The fourth-order valence-electron chi connectivity index (χ4n) is 3.91. The number of aliphatic carboxylic acids is 2. The van der Waals surface area contributed by atoms with E-state index in [0.29, 0.717) is 19.0 Å². The van der Waals surface area contributed by atoms with Crippen LogP contribution >= 0.6 is 0 Å². The van der Waals surface area contributed by atoms with Gasteiger partial charge in [-0.2, -0.15) is 26.3 Å². The number of nitrogens with zero attached hydrogens (tertiary/aromatic N) is 2. The molecular weight excluding hydrogens is 544 g/mol. The van der Waals surface area contributed by atoms with Crippen molar-refractivity contribution in [2.45, 2.75) is 38.0 Å². The van der Waals surface area contributed by atoms with Crippen molar-refractivity contribution in [3.8, 4) is 0 Å². The molecule has 2 fully saturated rings. The van der Waals surface area contributed by atoms with Crippen LogP contribution in [0.25, 0.3) is 0 Å². The zero-order valence-electron chi connectivity index (χ0n) is 20.1. The average molecular weight is 569 g/mol. The summed E-state index contributed by atoms with van der Waals surface area (Å²) in [6.45, 7) is 3.57. The number of rotatable bonds is 5. The molecule has 2 aliphatic heterocycles. The molecular formula is C23H25F6N3O7. The second kappa shape index (κ2) is 13.9. The van der Waals surface area contributed by atoms with E-state index in [9.17, 15) is 31.1 Å². The van der Waals surface area contributed by atoms with Crippen molar-refractivity contribution in [1.29, 1.82) is 0 Å². The number of pyridine rings is 1. The standard InChI is InChI=1S/C19H23N3O3.2C2HF3O2/c23-19(21-10-14-3-1-6-20-9-14)17-12-22(11-15-4-2-7-24-15)13-18-16(17)5-8-25-18;2*3-2(4,5)1(6)7/h1-4,6-7,9,16-18H,5,8,10-13H2,(H,21,23);2*(H,6,7)/t16-,17-,18+;;/m0../s1. The van der Waals surface area contributed by atoms with Gasteiger partial charge in [0.25, 0.3) is 0 Å². The number of carbonyl (C=O) groups is 3. The summed E-state index contributed by atoms with van der Waals surface area (Å²) in [5, 5.41) is 17.3. The number of carbonyl (C=O) groups excluding carboxylic acids is 1. The highest BCUT2D eigenvalue weighted by molar-refractivity contribution is 5.79. The lowest BCUT2D eigenvalue weighted by molar-refractivity contribution is -0.193. The first-order chi connectivity index (χ1) is 18.2. The van der Waals surface area contributed by atoms with E-state index in [1.165, 1.54) is 0 Å². The van der Waals surface area contributed by atoms with E-state index in [-0.39, 0.29) is 17.9 Å². The first kappa shape index (κ1) is 31.6. The van der Waals surface area contributed by atoms with Crippen LogP contribution < -0.4 is 5.32 Å². The summed E-state index contributed by atoms with van der Waals surface area (Å²) in [5.74, 6) is -4.23. The lowest BCUT2D eigenvalue weighted by Gasteiger charge is -2.38. The monoisotopic (exact) mass is 569 g/mol. The van der Waals surface area contributed by atoms with Crippen LogP contribution in [0, 0.1) is 11.8 Å². The fraction of sp³-hybridized carbons (Fsp3) is 0.478. The molecule has 4 heterocycles. The molecule has 0 radical (unpaired) electrons. The lowest BCUT2D eigenvalue weighted by Crippen LogP contribution is -2.52. The van der Waals surface area contributed by atoms with E-state index in [1.54, 1.807) is 18.7 Å². The summed E-state index contributed by atoms with van der Waals surface area (Å²) in [4.78, 5) is 37.0. The van der Waals surface area contributed by atoms with Crippen LogP contribution in [0.15, 0.2) is 47.3 Å². The molecule has 2 aromatic rings. The molecule has 1 amide bonds. The van der Waals surface area contributed by atoms with E-state index in [1.807, 2.05) is 24.3 Å². The molecule has 0 unspecified atom stereocenters. The maximum absolute atomic E-state index is 12.8. The molecule has 0 aliphatic carbocycles. The Morgan fingerprint density at radius 1 is 1.03 bits per heavy atom. The van der Waals surface area contributed by atoms with E-state index in [0.717, 1.165) is 37.4 Å². The SMILES string of the molecule is O=C(NCc1cccnc1)[C@H]1CN(Cc2ccco2)C[C@H]2OCC[C@@H]12.O=C(O)C(F)(F)F.O=C(O)C(F)(F)F. The van der Waals surface area contributed by atoms with Crippen LogP contribution in [0.5, 0.6) is 0 Å². The summed E-state index contributed by atoms with van der Waals surface area (Å²) in [6.07, 6.45) is -3.86. The topological polar surface area (TPSA) is 142 Å². The number of likely N-dealkylation sites (tertiary alicyclic amines) is 1. The Morgan fingerprint density at radius 3 is 2.18 bits per heavy atom. The third kappa shape index (κ3) is 10.6. The van der Waals surface area contributed by atoms with Crippen molar-refractivity contribution in [2.75, 3.05) is 19.7 Å². The smallest absolute Gasteiger partial charge is 0.475 e. The van der Waals surface area contributed by atoms with Gasteiger partial charge in [0.15, 0.2) is 0 Å². The summed E-state index contributed by atoms with van der Waals surface area (Å²) in [5.41, 5.74) is 1.01. The summed E-state index contributed by atoms with van der Waals surface area (Å²) >= 11 is 0. The minimum atomic E-state index is -5.08. The average Bonchev–Trinajstić information content (AvgIpc) is 3.54. The van der Waals surface area contributed by atoms with Gasteiger partial charge in [0, 0.05) is 44.6 Å². The first-order valence-corrected chi connectivity index (χ1v) is 11.3. The highest BCUT2D eigenvalue weighted by Crippen LogP contribution is 2.34. The summed E-state index contributed by atoms with van der Waals surface area (Å²) in [6, 6.07) is 7.72. The molecule has 3 atom stereocenters. The van der Waals surface area contributed by atoms with E-state index in [4.69, 9.17) is 29.0 Å². The van der Waals surface area contributed by atoms with Gasteiger partial charge in [0.1, 0.15) is 5.76 Å². The van der Waals surface area contributed by atoms with Crippen LogP contribution in [-0.4, -0.2) is 76.1 Å². The molecule has 0 bridgehead atoms. The Morgan fingerprint density at radius 2 is 1.67 bits per heavy atom. The minimum Gasteiger partial charge on any atom is -0.475 e. The Kier molecular flexibility index (Phi) is 11.3. The van der Waals surface area contributed by atoms with Gasteiger partial charge in [-0.3, -0.25) is 14.7 Å². The number of halogens is 6. The number of amides is 1. The molecule has 39 heavy (non-hydrogen) atoms. The molecule has 4 rings (SSSR count). The largest absolute Gasteiger partial charge is 0.490 e. The quantitative estimate of drug-likeness (QED) is 0.463. The van der Waals surface area contributed by atoms with Gasteiger partial charge in [-0.25, -0.2) is 9.59 Å². The number of piperidine rings is 1. The molecule has 2 aliphatic rings. The van der Waals surface area contributed by atoms with Crippen LogP contribution in [-0.2, 0) is 32.2 Å². The van der Waals surface area contributed by atoms with Gasteiger partial charge in [0.2, 0.25) is 5.91 Å². The lowest BCUT2D eigenvalue weighted by atomic mass is 9.82. The highest BCUT2D eigenvalue weighted by atomic mass is 19.4. The molecule has 0 spiro atoms. The van der Waals surface area contributed by atoms with Crippen molar-refractivity contribution in [1.82, 2.24) is 15.2 Å². The molecule has 2 saturated heterocycles. The Balaban J connectivity index is 0.000000317. The van der Waals surface area contributed by atoms with E-state index in [2.05, 4.69) is 15.2 Å². The summed E-state index contributed by atoms with van der Waals surface area (Å²) < 4.78 is 74.8. The van der Waals surface area contributed by atoms with Crippen LogP contribution in [0.1, 0.15) is 17.7 Å². The zero-order chi connectivity index (χ0) is 29.2. The normalized spacial score (nSPS) is 20.9. The van der Waals surface area contributed by atoms with E-state index < -0.39 is 24.3 Å². The second-order valence-corrected chi connectivity index (χ2v) is 8.43. The van der Waals surface area contributed by atoms with Gasteiger partial charge in [-0.05, 0) is 30.2 Å². The predicted molar refractivity (Wildman–Crippen MR) is 119 cm³/mol. The molecule has 10 nitrogen and oxygen atoms in total. The number of carboxylic acids is 2. The Labute approximate surface area is 217 Å². The number of ether oxygens (including phenoxy) is 1. The maximum atomic E-state index is 12.8. The molecule has 16 heteroatoms. The third-order valence-corrected chi connectivity index (χ3v) is 5.64. The van der Waals surface area contributed by atoms with Crippen LogP contribution in [0.3, 0.4) is 0 Å². The molecule has 216 valence electrons. The molecule has 0 aromatic carbocycles. The number of furan rings is 1. The third-order valence-electron chi connectivity index (χ3n) is 5.64. The highest BCUT2D eigenvalue weighted by Gasteiger charge is 2.44. The van der Waals surface area contributed by atoms with Gasteiger partial charge < -0.3 is 24.7 Å². The number of hydrogen-bond donors (Lipinski definition) is 3. The van der Waals surface area contributed by atoms with Crippen molar-refractivity contribution in [2.24, 2.45) is 11.8 Å². The van der Waals surface area contributed by atoms with E-state index >= 15 is 0 Å². The van der Waals surface area contributed by atoms with Crippen LogP contribution in [0.4, 0.5) is 26.3 Å². The number of aromatic nitrogens is 1. The summed E-state index contributed by atoms with van der Waals surface area (Å²) in [7, 11) is 0. The zero-order valence-corrected chi connectivity index (χ0v) is 20.1. The number of alkyl halides is 6. The predicted octanol–water partition coefficient (Wildman–Crippen LogP) is 3.09. The number of nitrogens with one attached hydrogen (secondary N) is 1. The first-order valence-electron chi connectivity index (χ1n) is 11.3. The van der Waals surface area contributed by atoms with Gasteiger partial charge in [-0.1, -0.05) is 6.07 Å². The van der Waals surface area contributed by atoms with Crippen molar-refractivity contribution >= 4 is 17.8 Å². The number of carboxylic acid groups (broad SMARTS) is 2. The van der Waals surface area contributed by atoms with Crippen molar-refractivity contribution in [3.05, 3.63) is 54.2 Å². The van der Waals surface area contributed by atoms with Gasteiger partial charge >= 0.3 is 24.3 Å².